The summed E-state index contributed by atoms with van der Waals surface area (Å²) in [6.07, 6.45) is 0. The van der Waals surface area contributed by atoms with Crippen LogP contribution in [-0.2, 0) is 0 Å². The fourth-order valence-electron chi connectivity index (χ4n) is 8.86. The maximum absolute atomic E-state index is 2.42. The molecule has 2 nitrogen and oxygen atoms in total. The topological polar surface area (TPSA) is 8.17 Å². The third-order valence-corrected chi connectivity index (χ3v) is 11.6. The van der Waals surface area contributed by atoms with E-state index in [0.29, 0.717) is 0 Å². The Balaban J connectivity index is 1.08. The van der Waals surface area contributed by atoms with E-state index in [9.17, 15) is 0 Å². The van der Waals surface area contributed by atoms with Gasteiger partial charge in [-0.05, 0) is 104 Å². The summed E-state index contributed by atoms with van der Waals surface area (Å²) in [7, 11) is 0. The van der Waals surface area contributed by atoms with Crippen molar-refractivity contribution in [3.8, 4) is 39.1 Å². The second-order valence-corrected chi connectivity index (χ2v) is 14.9. The Kier molecular flexibility index (Phi) is 8.19. The maximum atomic E-state index is 2.42. The van der Waals surface area contributed by atoms with Crippen molar-refractivity contribution in [2.45, 2.75) is 0 Å². The molecule has 0 saturated heterocycles. The van der Waals surface area contributed by atoms with Gasteiger partial charge in [0.25, 0.3) is 0 Å². The lowest BCUT2D eigenvalue weighted by molar-refractivity contribution is 1.18. The average Bonchev–Trinajstić information content (AvgIpc) is 3.65. The van der Waals surface area contributed by atoms with Gasteiger partial charge in [0.15, 0.2) is 0 Å². The summed E-state index contributed by atoms with van der Waals surface area (Å²) in [6.45, 7) is 0. The number of hydrogen-bond acceptors (Lipinski definition) is 1. The summed E-state index contributed by atoms with van der Waals surface area (Å²) in [5.41, 5.74) is 14.1. The van der Waals surface area contributed by atoms with Crippen LogP contribution in [0.3, 0.4) is 0 Å². The highest BCUT2D eigenvalue weighted by molar-refractivity contribution is 6.25. The van der Waals surface area contributed by atoms with Crippen LogP contribution < -0.4 is 4.90 Å². The molecule has 0 aliphatic rings. The molecule has 0 aliphatic carbocycles. The first kappa shape index (κ1) is 33.6. The second kappa shape index (κ2) is 14.1. The Bertz CT molecular complexity index is 3250. The number of aromatic nitrogens is 1. The molecule has 0 N–H and O–H groups in total. The lowest BCUT2D eigenvalue weighted by Crippen LogP contribution is -2.10. The van der Waals surface area contributed by atoms with Crippen LogP contribution in [0, 0.1) is 0 Å². The van der Waals surface area contributed by atoms with Gasteiger partial charge in [-0.2, -0.15) is 0 Å². The summed E-state index contributed by atoms with van der Waals surface area (Å²) >= 11 is 0. The molecule has 0 spiro atoms. The Hall–Kier alpha value is -7.68. The van der Waals surface area contributed by atoms with Crippen LogP contribution in [0.4, 0.5) is 17.1 Å². The van der Waals surface area contributed by atoms with Crippen LogP contribution in [0.1, 0.15) is 0 Å². The third-order valence-electron chi connectivity index (χ3n) is 11.6. The predicted molar refractivity (Wildman–Crippen MR) is 247 cm³/mol. The Morgan fingerprint density at radius 2 is 0.845 bits per heavy atom. The van der Waals surface area contributed by atoms with E-state index in [1.165, 1.54) is 76.7 Å². The zero-order chi connectivity index (χ0) is 38.4. The smallest absolute Gasteiger partial charge is 0.0547 e. The monoisotopic (exact) mass is 738 g/mol. The third kappa shape index (κ3) is 5.74. The molecule has 11 rings (SSSR count). The number of anilines is 3. The van der Waals surface area contributed by atoms with E-state index in [2.05, 4.69) is 240 Å². The molecule has 58 heavy (non-hydrogen) atoms. The van der Waals surface area contributed by atoms with Crippen molar-refractivity contribution in [1.29, 1.82) is 0 Å². The molecule has 0 fully saturated rings. The quantitative estimate of drug-likeness (QED) is 0.158. The standard InChI is InChI=1S/C56H38N2/c1-3-14-39(15-4-1)40-28-30-41(31-29-40)42-32-35-47(36-33-42)57(52-26-12-18-43-16-7-9-23-49(43)52)48-22-11-19-45(38-48)51-25-13-27-53-56(51)55-50-24-10-8-17-44(50)34-37-54(55)58(53)46-20-5-2-6-21-46/h1-38H. The summed E-state index contributed by atoms with van der Waals surface area (Å²) in [5, 5.41) is 7.45. The predicted octanol–water partition coefficient (Wildman–Crippen LogP) is 15.6. The molecule has 0 bridgehead atoms. The summed E-state index contributed by atoms with van der Waals surface area (Å²) < 4.78 is 2.42. The molecular formula is C56H38N2. The van der Waals surface area contributed by atoms with Crippen molar-refractivity contribution in [2.24, 2.45) is 0 Å². The molecule has 272 valence electrons. The van der Waals surface area contributed by atoms with Crippen LogP contribution >= 0.6 is 0 Å². The summed E-state index contributed by atoms with van der Waals surface area (Å²) in [6, 6.07) is 83.6. The molecular weight excluding hydrogens is 701 g/mol. The highest BCUT2D eigenvalue weighted by Crippen LogP contribution is 2.45. The zero-order valence-electron chi connectivity index (χ0n) is 31.8. The first-order chi connectivity index (χ1) is 28.8. The molecule has 0 unspecified atom stereocenters. The van der Waals surface area contributed by atoms with Crippen molar-refractivity contribution in [1.82, 2.24) is 4.57 Å². The van der Waals surface area contributed by atoms with Gasteiger partial charge in [0.2, 0.25) is 0 Å². The summed E-state index contributed by atoms with van der Waals surface area (Å²) in [5.74, 6) is 0. The highest BCUT2D eigenvalue weighted by Gasteiger charge is 2.20. The Morgan fingerprint density at radius 1 is 0.310 bits per heavy atom. The molecule has 1 heterocycles. The van der Waals surface area contributed by atoms with Crippen molar-refractivity contribution in [3.63, 3.8) is 0 Å². The van der Waals surface area contributed by atoms with Crippen LogP contribution in [-0.4, -0.2) is 4.57 Å². The molecule has 0 saturated carbocycles. The van der Waals surface area contributed by atoms with Crippen LogP contribution in [0.5, 0.6) is 0 Å². The van der Waals surface area contributed by atoms with Gasteiger partial charge in [-0.1, -0.05) is 176 Å². The first-order valence-corrected chi connectivity index (χ1v) is 19.9. The Morgan fingerprint density at radius 3 is 1.59 bits per heavy atom. The van der Waals surface area contributed by atoms with Gasteiger partial charge in [-0.25, -0.2) is 0 Å². The fraction of sp³-hybridized carbons (Fsp3) is 0. The molecule has 11 aromatic rings. The van der Waals surface area contributed by atoms with Gasteiger partial charge in [-0.15, -0.1) is 0 Å². The molecule has 10 aromatic carbocycles. The van der Waals surface area contributed by atoms with E-state index in [-0.39, 0.29) is 0 Å². The lowest BCUT2D eigenvalue weighted by Gasteiger charge is -2.27. The van der Waals surface area contributed by atoms with Gasteiger partial charge in [0.1, 0.15) is 0 Å². The zero-order valence-corrected chi connectivity index (χ0v) is 31.8. The van der Waals surface area contributed by atoms with E-state index in [4.69, 9.17) is 0 Å². The number of para-hydroxylation sites is 1. The molecule has 2 heteroatoms. The van der Waals surface area contributed by atoms with Crippen LogP contribution in [0.25, 0.3) is 82.4 Å². The van der Waals surface area contributed by atoms with Gasteiger partial charge in [0.05, 0.1) is 16.7 Å². The molecule has 0 atom stereocenters. The number of benzene rings is 10. The van der Waals surface area contributed by atoms with E-state index in [1.807, 2.05) is 0 Å². The largest absolute Gasteiger partial charge is 0.310 e. The van der Waals surface area contributed by atoms with Crippen molar-refractivity contribution in [2.75, 3.05) is 4.90 Å². The van der Waals surface area contributed by atoms with E-state index in [0.717, 1.165) is 22.7 Å². The van der Waals surface area contributed by atoms with Gasteiger partial charge < -0.3 is 9.47 Å². The second-order valence-electron chi connectivity index (χ2n) is 14.9. The normalized spacial score (nSPS) is 11.4. The van der Waals surface area contributed by atoms with Gasteiger partial charge in [0, 0.05) is 33.2 Å². The fourth-order valence-corrected chi connectivity index (χ4v) is 8.86. The molecule has 1 aromatic heterocycles. The maximum Gasteiger partial charge on any atom is 0.0547 e. The SMILES string of the molecule is c1ccc(-c2ccc(-c3ccc(N(c4cccc(-c5cccc6c5c5c7ccccc7ccc5n6-c5ccccc5)c4)c4cccc5ccccc45)cc3)cc2)cc1. The minimum atomic E-state index is 1.10. The molecule has 0 aliphatic heterocycles. The minimum Gasteiger partial charge on any atom is -0.310 e. The van der Waals surface area contributed by atoms with Crippen LogP contribution in [0.15, 0.2) is 231 Å². The number of nitrogens with zero attached hydrogens (tertiary/aromatic N) is 2. The van der Waals surface area contributed by atoms with Crippen molar-refractivity contribution >= 4 is 60.4 Å². The van der Waals surface area contributed by atoms with E-state index >= 15 is 0 Å². The lowest BCUT2D eigenvalue weighted by atomic mass is 9.96. The highest BCUT2D eigenvalue weighted by atomic mass is 15.1. The minimum absolute atomic E-state index is 1.10. The number of fused-ring (bicyclic) bond motifs is 6. The average molecular weight is 739 g/mol. The Labute approximate surface area is 338 Å². The van der Waals surface area contributed by atoms with Gasteiger partial charge in [-0.3, -0.25) is 0 Å². The number of rotatable bonds is 7. The van der Waals surface area contributed by atoms with Gasteiger partial charge >= 0.3 is 0 Å². The first-order valence-electron chi connectivity index (χ1n) is 19.9. The van der Waals surface area contributed by atoms with Crippen molar-refractivity contribution in [3.05, 3.63) is 231 Å². The van der Waals surface area contributed by atoms with Crippen LogP contribution in [0.2, 0.25) is 0 Å². The molecule has 0 amide bonds. The molecule has 0 radical (unpaired) electrons. The van der Waals surface area contributed by atoms with E-state index in [1.54, 1.807) is 0 Å². The van der Waals surface area contributed by atoms with Crippen molar-refractivity contribution < 1.29 is 0 Å². The van der Waals surface area contributed by atoms with E-state index < -0.39 is 0 Å². The summed E-state index contributed by atoms with van der Waals surface area (Å²) in [4.78, 5) is 2.41. The number of hydrogen-bond donors (Lipinski definition) is 0.